The molecular formula is C26H31N9O. The molecule has 2 aromatic heterocycles. The van der Waals surface area contributed by atoms with Gasteiger partial charge in [-0.15, -0.1) is 0 Å². The molecule has 3 N–H and O–H groups in total. The van der Waals surface area contributed by atoms with Crippen molar-refractivity contribution in [2.75, 3.05) is 37.2 Å². The third-order valence-electron chi connectivity index (χ3n) is 6.63. The number of nitrogens with zero attached hydrogens (tertiary/aromatic N) is 7. The molecule has 0 amide bonds. The van der Waals surface area contributed by atoms with E-state index in [1.54, 1.807) is 0 Å². The molecule has 1 fully saturated rings. The first kappa shape index (κ1) is 23.8. The largest absolute Gasteiger partial charge is 0.368 e. The molecule has 0 bridgehead atoms. The minimum atomic E-state index is 0.000578. The Morgan fingerprint density at radius 3 is 2.19 bits per heavy atom. The van der Waals surface area contributed by atoms with E-state index in [0.29, 0.717) is 23.5 Å². The smallest absolute Gasteiger partial charge is 0.244 e. The summed E-state index contributed by atoms with van der Waals surface area (Å²) in [6, 6.07) is 17.9. The summed E-state index contributed by atoms with van der Waals surface area (Å²) in [6.45, 7) is 9.72. The summed E-state index contributed by atoms with van der Waals surface area (Å²) in [5.41, 5.74) is 9.06. The molecule has 2 unspecified atom stereocenters. The number of rotatable bonds is 7. The Morgan fingerprint density at radius 1 is 0.833 bits per heavy atom. The van der Waals surface area contributed by atoms with Crippen LogP contribution in [-0.4, -0.2) is 61.1 Å². The number of nitrogens with one attached hydrogen (secondary N) is 1. The summed E-state index contributed by atoms with van der Waals surface area (Å²) in [5, 5.41) is 7.41. The third kappa shape index (κ3) is 5.34. The van der Waals surface area contributed by atoms with Crippen LogP contribution in [0.2, 0.25) is 0 Å². The minimum Gasteiger partial charge on any atom is -0.368 e. The highest BCUT2D eigenvalue weighted by atomic mass is 16.5. The van der Waals surface area contributed by atoms with Crippen LogP contribution >= 0.6 is 0 Å². The standard InChI is InChI=1S/C26H31N9O/c1-17-9-11-20(12-10-17)23-29-24(36-33-23)19(3)35-15-13-34(14-16-35)18(2)22-30-25(27)32-26(31-22)28-21-7-5-4-6-8-21/h4-12,18-19H,13-16H2,1-3H3,(H3,27,28,30,31,32). The lowest BCUT2D eigenvalue weighted by atomic mass is 10.1. The zero-order valence-electron chi connectivity index (χ0n) is 20.8. The van der Waals surface area contributed by atoms with Crippen LogP contribution in [0.4, 0.5) is 17.6 Å². The molecule has 4 aromatic rings. The first-order valence-electron chi connectivity index (χ1n) is 12.2. The molecule has 5 rings (SSSR count). The number of para-hydroxylation sites is 1. The summed E-state index contributed by atoms with van der Waals surface area (Å²) in [5.74, 6) is 2.56. The van der Waals surface area contributed by atoms with Crippen molar-refractivity contribution in [3.63, 3.8) is 0 Å². The molecule has 0 radical (unpaired) electrons. The second-order valence-corrected chi connectivity index (χ2v) is 9.11. The lowest BCUT2D eigenvalue weighted by Gasteiger charge is -2.39. The number of hydrogen-bond acceptors (Lipinski definition) is 10. The fourth-order valence-electron chi connectivity index (χ4n) is 4.36. The first-order valence-corrected chi connectivity index (χ1v) is 12.2. The number of hydrogen-bond donors (Lipinski definition) is 2. The van der Waals surface area contributed by atoms with Crippen molar-refractivity contribution in [3.05, 3.63) is 71.9 Å². The van der Waals surface area contributed by atoms with Gasteiger partial charge in [0.15, 0.2) is 5.82 Å². The van der Waals surface area contributed by atoms with Crippen LogP contribution in [-0.2, 0) is 0 Å². The molecule has 0 spiro atoms. The van der Waals surface area contributed by atoms with Crippen molar-refractivity contribution < 1.29 is 4.52 Å². The van der Waals surface area contributed by atoms with E-state index in [1.807, 2.05) is 42.5 Å². The predicted molar refractivity (Wildman–Crippen MR) is 138 cm³/mol. The van der Waals surface area contributed by atoms with Gasteiger partial charge in [0.1, 0.15) is 0 Å². The zero-order chi connectivity index (χ0) is 25.1. The Bertz CT molecular complexity index is 1280. The number of benzene rings is 2. The number of nitrogen functional groups attached to an aromatic ring is 1. The van der Waals surface area contributed by atoms with Crippen molar-refractivity contribution in [2.24, 2.45) is 0 Å². The molecule has 3 heterocycles. The van der Waals surface area contributed by atoms with Crippen molar-refractivity contribution in [3.8, 4) is 11.4 Å². The van der Waals surface area contributed by atoms with Crippen molar-refractivity contribution >= 4 is 17.6 Å². The molecule has 0 saturated carbocycles. The second kappa shape index (κ2) is 10.4. The maximum absolute atomic E-state index is 6.01. The van der Waals surface area contributed by atoms with E-state index in [9.17, 15) is 0 Å². The Kier molecular flexibility index (Phi) is 6.88. The quantitative estimate of drug-likeness (QED) is 0.397. The Hall–Kier alpha value is -3.89. The average Bonchev–Trinajstić information content (AvgIpc) is 3.39. The van der Waals surface area contributed by atoms with Gasteiger partial charge in [-0.2, -0.15) is 19.9 Å². The molecule has 36 heavy (non-hydrogen) atoms. The van der Waals surface area contributed by atoms with Crippen molar-refractivity contribution in [1.29, 1.82) is 0 Å². The summed E-state index contributed by atoms with van der Waals surface area (Å²) in [7, 11) is 0. The van der Waals surface area contributed by atoms with Crippen LogP contribution in [0, 0.1) is 6.92 Å². The number of anilines is 3. The highest BCUT2D eigenvalue weighted by Crippen LogP contribution is 2.26. The number of aryl methyl sites for hydroxylation is 1. The lowest BCUT2D eigenvalue weighted by Crippen LogP contribution is -2.48. The van der Waals surface area contributed by atoms with Crippen LogP contribution in [0.5, 0.6) is 0 Å². The van der Waals surface area contributed by atoms with E-state index in [1.165, 1.54) is 5.56 Å². The van der Waals surface area contributed by atoms with Gasteiger partial charge in [0, 0.05) is 37.4 Å². The van der Waals surface area contributed by atoms with Gasteiger partial charge in [-0.05, 0) is 32.9 Å². The van der Waals surface area contributed by atoms with Gasteiger partial charge in [0.05, 0.1) is 12.1 Å². The van der Waals surface area contributed by atoms with E-state index >= 15 is 0 Å². The molecule has 10 nitrogen and oxygen atoms in total. The van der Waals surface area contributed by atoms with Crippen molar-refractivity contribution in [2.45, 2.75) is 32.9 Å². The number of aromatic nitrogens is 5. The molecule has 10 heteroatoms. The molecule has 2 atom stereocenters. The predicted octanol–water partition coefficient (Wildman–Crippen LogP) is 4.00. The van der Waals surface area contributed by atoms with Gasteiger partial charge in [-0.1, -0.05) is 53.2 Å². The Morgan fingerprint density at radius 2 is 1.50 bits per heavy atom. The second-order valence-electron chi connectivity index (χ2n) is 9.11. The number of nitrogens with two attached hydrogens (primary N) is 1. The monoisotopic (exact) mass is 485 g/mol. The molecule has 2 aromatic carbocycles. The molecule has 0 aliphatic carbocycles. The van der Waals surface area contributed by atoms with Gasteiger partial charge in [0.25, 0.3) is 0 Å². The van der Waals surface area contributed by atoms with Gasteiger partial charge >= 0.3 is 0 Å². The van der Waals surface area contributed by atoms with E-state index in [-0.39, 0.29) is 18.0 Å². The first-order chi connectivity index (χ1) is 17.5. The maximum Gasteiger partial charge on any atom is 0.244 e. The van der Waals surface area contributed by atoms with E-state index in [0.717, 1.165) is 37.4 Å². The number of piperazine rings is 1. The molecular weight excluding hydrogens is 454 g/mol. The Balaban J connectivity index is 1.21. The van der Waals surface area contributed by atoms with Crippen molar-refractivity contribution in [1.82, 2.24) is 34.9 Å². The minimum absolute atomic E-state index is 0.000578. The summed E-state index contributed by atoms with van der Waals surface area (Å²) < 4.78 is 5.62. The fourth-order valence-corrected chi connectivity index (χ4v) is 4.36. The van der Waals surface area contributed by atoms with E-state index in [2.05, 4.69) is 73.1 Å². The summed E-state index contributed by atoms with van der Waals surface area (Å²) in [6.07, 6.45) is 0. The summed E-state index contributed by atoms with van der Waals surface area (Å²) in [4.78, 5) is 22.7. The van der Waals surface area contributed by atoms with Gasteiger partial charge in [0.2, 0.25) is 23.6 Å². The lowest BCUT2D eigenvalue weighted by molar-refractivity contribution is 0.0656. The highest BCUT2D eigenvalue weighted by molar-refractivity contribution is 5.55. The van der Waals surface area contributed by atoms with E-state index in [4.69, 9.17) is 10.3 Å². The molecule has 1 saturated heterocycles. The SMILES string of the molecule is Cc1ccc(-c2noc(C(C)N3CCN(C(C)c4nc(N)nc(Nc5ccccc5)n4)CC3)n2)cc1. The molecule has 1 aliphatic rings. The molecule has 1 aliphatic heterocycles. The van der Waals surface area contributed by atoms with E-state index < -0.39 is 0 Å². The topological polar surface area (TPSA) is 122 Å². The third-order valence-corrected chi connectivity index (χ3v) is 6.63. The van der Waals surface area contributed by atoms with Crippen LogP contribution in [0.25, 0.3) is 11.4 Å². The van der Waals surface area contributed by atoms with Gasteiger partial charge < -0.3 is 15.6 Å². The van der Waals surface area contributed by atoms with Crippen LogP contribution in [0.15, 0.2) is 59.1 Å². The maximum atomic E-state index is 6.01. The highest BCUT2D eigenvalue weighted by Gasteiger charge is 2.29. The van der Waals surface area contributed by atoms with Gasteiger partial charge in [-0.25, -0.2) is 0 Å². The van der Waals surface area contributed by atoms with Gasteiger partial charge in [-0.3, -0.25) is 9.80 Å². The van der Waals surface area contributed by atoms with Crippen LogP contribution in [0.1, 0.15) is 43.2 Å². The summed E-state index contributed by atoms with van der Waals surface area (Å²) >= 11 is 0. The average molecular weight is 486 g/mol. The zero-order valence-corrected chi connectivity index (χ0v) is 20.8. The van der Waals surface area contributed by atoms with Crippen LogP contribution in [0.3, 0.4) is 0 Å². The normalized spacial score (nSPS) is 16.5. The Labute approximate surface area is 210 Å². The fraction of sp³-hybridized carbons (Fsp3) is 0.346. The van der Waals surface area contributed by atoms with Crippen LogP contribution < -0.4 is 11.1 Å². The molecule has 186 valence electrons.